The van der Waals surface area contributed by atoms with E-state index in [4.69, 9.17) is 16.3 Å². The van der Waals surface area contributed by atoms with Crippen LogP contribution in [-0.4, -0.2) is 30.1 Å². The zero-order valence-electron chi connectivity index (χ0n) is 19.4. The van der Waals surface area contributed by atoms with Gasteiger partial charge in [0.1, 0.15) is 10.6 Å². The standard InChI is InChI=1S/C26H22ClN3O4S/c1-4-13-29-18-12-8-6-10-16(18)20(23(29)31)22-24(32)30-21(15-9-5-7-11-17(15)27)19(25(33)34-3)14(2)28-26(30)35-22/h5-12,21H,4,13H2,1-3H3/t21-/m1/s1. The predicted molar refractivity (Wildman–Crippen MR) is 135 cm³/mol. The molecule has 0 fully saturated rings. The number of ether oxygens (including phenoxy) is 1. The summed E-state index contributed by atoms with van der Waals surface area (Å²) >= 11 is 7.68. The van der Waals surface area contributed by atoms with Crippen LogP contribution in [-0.2, 0) is 14.3 Å². The van der Waals surface area contributed by atoms with Gasteiger partial charge in [0.25, 0.3) is 11.5 Å². The molecule has 0 aliphatic carbocycles. The smallest absolute Gasteiger partial charge is 0.338 e. The fourth-order valence-electron chi connectivity index (χ4n) is 4.68. The molecule has 35 heavy (non-hydrogen) atoms. The number of carbonyl (C=O) groups is 2. The van der Waals surface area contributed by atoms with Crippen LogP contribution in [0.2, 0.25) is 5.02 Å². The van der Waals surface area contributed by atoms with E-state index in [0.717, 1.165) is 29.0 Å². The fourth-order valence-corrected chi connectivity index (χ4v) is 6.06. The quantitative estimate of drug-likeness (QED) is 0.508. The van der Waals surface area contributed by atoms with Crippen LogP contribution in [0.25, 0.3) is 5.57 Å². The van der Waals surface area contributed by atoms with Gasteiger partial charge in [0, 0.05) is 17.1 Å². The van der Waals surface area contributed by atoms with Crippen LogP contribution in [0.3, 0.4) is 0 Å². The molecular weight excluding hydrogens is 486 g/mol. The van der Waals surface area contributed by atoms with Gasteiger partial charge in [-0.3, -0.25) is 14.2 Å². The summed E-state index contributed by atoms with van der Waals surface area (Å²) in [7, 11) is 1.29. The number of carbonyl (C=O) groups excluding carboxylic acids is 2. The van der Waals surface area contributed by atoms with Gasteiger partial charge >= 0.3 is 5.97 Å². The Bertz CT molecular complexity index is 1600. The number of fused-ring (bicyclic) bond motifs is 2. The molecule has 1 amide bonds. The molecule has 3 aromatic rings. The minimum absolute atomic E-state index is 0.212. The highest BCUT2D eigenvalue weighted by Crippen LogP contribution is 2.36. The van der Waals surface area contributed by atoms with Crippen molar-refractivity contribution in [3.05, 3.63) is 95.6 Å². The number of benzene rings is 2. The molecule has 0 bridgehead atoms. The summed E-state index contributed by atoms with van der Waals surface area (Å²) < 4.78 is 6.78. The van der Waals surface area contributed by atoms with Crippen molar-refractivity contribution in [1.29, 1.82) is 0 Å². The Hall–Kier alpha value is -3.49. The molecule has 3 heterocycles. The molecule has 0 radical (unpaired) electrons. The molecule has 1 atom stereocenters. The fraction of sp³-hybridized carbons (Fsp3) is 0.231. The molecule has 178 valence electrons. The van der Waals surface area contributed by atoms with Gasteiger partial charge in [-0.15, -0.1) is 0 Å². The molecular formula is C26H22ClN3O4S. The van der Waals surface area contributed by atoms with E-state index in [9.17, 15) is 14.4 Å². The van der Waals surface area contributed by atoms with Crippen molar-refractivity contribution in [3.8, 4) is 0 Å². The Labute approximate surface area is 210 Å². The van der Waals surface area contributed by atoms with Crippen molar-refractivity contribution in [1.82, 2.24) is 4.57 Å². The highest BCUT2D eigenvalue weighted by molar-refractivity contribution is 7.07. The average molecular weight is 508 g/mol. The van der Waals surface area contributed by atoms with Crippen molar-refractivity contribution in [3.63, 3.8) is 0 Å². The molecule has 0 unspecified atom stereocenters. The van der Waals surface area contributed by atoms with Gasteiger partial charge in [0.05, 0.1) is 29.6 Å². The Morgan fingerprint density at radius 3 is 2.57 bits per heavy atom. The van der Waals surface area contributed by atoms with Crippen molar-refractivity contribution >= 4 is 46.1 Å². The van der Waals surface area contributed by atoms with Crippen LogP contribution in [0.5, 0.6) is 0 Å². The van der Waals surface area contributed by atoms with E-state index >= 15 is 0 Å². The highest BCUT2D eigenvalue weighted by Gasteiger charge is 2.37. The van der Waals surface area contributed by atoms with E-state index in [0.29, 0.717) is 33.2 Å². The molecule has 9 heteroatoms. The Morgan fingerprint density at radius 1 is 1.14 bits per heavy atom. The summed E-state index contributed by atoms with van der Waals surface area (Å²) in [6, 6.07) is 13.7. The van der Waals surface area contributed by atoms with E-state index in [1.807, 2.05) is 31.2 Å². The first-order chi connectivity index (χ1) is 16.9. The monoisotopic (exact) mass is 507 g/mol. The minimum Gasteiger partial charge on any atom is -0.466 e. The zero-order chi connectivity index (χ0) is 24.9. The number of anilines is 1. The van der Waals surface area contributed by atoms with Crippen LogP contribution in [0.4, 0.5) is 5.69 Å². The predicted octanol–water partition coefficient (Wildman–Crippen LogP) is 3.19. The maximum Gasteiger partial charge on any atom is 0.338 e. The van der Waals surface area contributed by atoms with Crippen LogP contribution >= 0.6 is 22.9 Å². The minimum atomic E-state index is -0.833. The maximum absolute atomic E-state index is 14.0. The largest absolute Gasteiger partial charge is 0.466 e. The second-order valence-corrected chi connectivity index (χ2v) is 9.65. The SMILES string of the molecule is CCCN1C(=O)C(=c2sc3n(c2=O)[C@H](c2ccccc2Cl)C(C(=O)OC)=C(C)N=3)c2ccccc21. The number of esters is 1. The van der Waals surface area contributed by atoms with Gasteiger partial charge in [0.2, 0.25) is 0 Å². The van der Waals surface area contributed by atoms with Crippen LogP contribution in [0, 0.1) is 0 Å². The van der Waals surface area contributed by atoms with Gasteiger partial charge in [0.15, 0.2) is 4.80 Å². The number of para-hydroxylation sites is 1. The third kappa shape index (κ3) is 3.56. The van der Waals surface area contributed by atoms with Crippen molar-refractivity contribution in [2.24, 2.45) is 4.99 Å². The molecule has 0 saturated heterocycles. The number of nitrogens with zero attached hydrogens (tertiary/aromatic N) is 3. The topological polar surface area (TPSA) is 81.0 Å². The van der Waals surface area contributed by atoms with Gasteiger partial charge in [-0.1, -0.05) is 66.3 Å². The third-order valence-corrected chi connectivity index (χ3v) is 7.60. The van der Waals surface area contributed by atoms with Crippen molar-refractivity contribution in [2.75, 3.05) is 18.6 Å². The van der Waals surface area contributed by atoms with Gasteiger partial charge < -0.3 is 9.64 Å². The molecule has 2 aromatic carbocycles. The molecule has 5 rings (SSSR count). The highest BCUT2D eigenvalue weighted by atomic mass is 35.5. The lowest BCUT2D eigenvalue weighted by Gasteiger charge is -2.25. The second-order valence-electron chi connectivity index (χ2n) is 8.26. The van der Waals surface area contributed by atoms with E-state index in [1.165, 1.54) is 11.7 Å². The lowest BCUT2D eigenvalue weighted by Crippen LogP contribution is -2.41. The number of rotatable bonds is 4. The number of amides is 1. The number of hydrogen-bond acceptors (Lipinski definition) is 6. The molecule has 0 saturated carbocycles. The van der Waals surface area contributed by atoms with Crippen LogP contribution in [0.1, 0.15) is 37.4 Å². The number of methoxy groups -OCH3 is 1. The number of halogens is 1. The average Bonchev–Trinajstić information content (AvgIpc) is 3.31. The maximum atomic E-state index is 14.0. The summed E-state index contributed by atoms with van der Waals surface area (Å²) in [4.78, 5) is 47.0. The normalized spacial score (nSPS) is 18.3. The Balaban J connectivity index is 1.85. The second kappa shape index (κ2) is 8.94. The van der Waals surface area contributed by atoms with Gasteiger partial charge in [-0.05, 0) is 31.0 Å². The van der Waals surface area contributed by atoms with Gasteiger partial charge in [-0.25, -0.2) is 9.79 Å². The number of allylic oxidation sites excluding steroid dienone is 1. The molecule has 2 aliphatic heterocycles. The van der Waals surface area contributed by atoms with E-state index in [1.54, 1.807) is 36.1 Å². The van der Waals surface area contributed by atoms with E-state index < -0.39 is 17.6 Å². The number of thiazole rings is 1. The van der Waals surface area contributed by atoms with Crippen LogP contribution in [0.15, 0.2) is 69.6 Å². The van der Waals surface area contributed by atoms with E-state index in [2.05, 4.69) is 4.99 Å². The Kier molecular flexibility index (Phi) is 5.94. The van der Waals surface area contributed by atoms with Crippen molar-refractivity contribution in [2.45, 2.75) is 26.3 Å². The summed E-state index contributed by atoms with van der Waals surface area (Å²) in [5.74, 6) is -0.804. The van der Waals surface area contributed by atoms with E-state index in [-0.39, 0.29) is 16.0 Å². The Morgan fingerprint density at radius 2 is 1.86 bits per heavy atom. The zero-order valence-corrected chi connectivity index (χ0v) is 20.9. The number of hydrogen-bond donors (Lipinski definition) is 0. The van der Waals surface area contributed by atoms with Crippen molar-refractivity contribution < 1.29 is 14.3 Å². The number of aromatic nitrogens is 1. The first-order valence-corrected chi connectivity index (χ1v) is 12.4. The van der Waals surface area contributed by atoms with Crippen LogP contribution < -0.4 is 19.8 Å². The molecule has 0 spiro atoms. The first-order valence-electron chi connectivity index (χ1n) is 11.2. The first kappa shape index (κ1) is 23.3. The summed E-state index contributed by atoms with van der Waals surface area (Å²) in [5.41, 5.74) is 2.71. The summed E-state index contributed by atoms with van der Waals surface area (Å²) in [5, 5.41) is 0.406. The summed E-state index contributed by atoms with van der Waals surface area (Å²) in [6.45, 7) is 4.25. The molecule has 0 N–H and O–H groups in total. The molecule has 7 nitrogen and oxygen atoms in total. The lowest BCUT2D eigenvalue weighted by molar-refractivity contribution is -0.136. The third-order valence-electron chi connectivity index (χ3n) is 6.20. The summed E-state index contributed by atoms with van der Waals surface area (Å²) in [6.07, 6.45) is 0.781. The lowest BCUT2D eigenvalue weighted by atomic mass is 9.96. The van der Waals surface area contributed by atoms with Gasteiger partial charge in [-0.2, -0.15) is 0 Å². The molecule has 2 aliphatic rings. The molecule has 1 aromatic heterocycles.